The first-order valence-corrected chi connectivity index (χ1v) is 8.04. The van der Waals surface area contributed by atoms with Crippen LogP contribution in [0.3, 0.4) is 0 Å². The molecule has 6 heteroatoms. The number of morpholine rings is 1. The van der Waals surface area contributed by atoms with Gasteiger partial charge >= 0.3 is 0 Å². The maximum atomic E-state index is 11.4. The van der Waals surface area contributed by atoms with Gasteiger partial charge in [0.1, 0.15) is 5.69 Å². The van der Waals surface area contributed by atoms with Gasteiger partial charge in [0.2, 0.25) is 0 Å². The number of nitrogens with zero attached hydrogens (tertiary/aromatic N) is 2. The van der Waals surface area contributed by atoms with Crippen LogP contribution in [0.1, 0.15) is 33.3 Å². The van der Waals surface area contributed by atoms with E-state index in [1.165, 1.54) is 0 Å². The molecule has 0 aliphatic carbocycles. The smallest absolute Gasteiger partial charge is 0.292 e. The van der Waals surface area contributed by atoms with Gasteiger partial charge in [0.25, 0.3) is 5.69 Å². The summed E-state index contributed by atoms with van der Waals surface area (Å²) in [6.07, 6.45) is 0. The summed E-state index contributed by atoms with van der Waals surface area (Å²) in [7, 11) is 0. The fourth-order valence-corrected chi connectivity index (χ4v) is 3.37. The van der Waals surface area contributed by atoms with Crippen molar-refractivity contribution in [2.45, 2.75) is 44.2 Å². The molecule has 1 aromatic carbocycles. The molecule has 1 aromatic rings. The minimum atomic E-state index is -0.344. The molecule has 0 atom stereocenters. The molecule has 1 heterocycles. The summed E-state index contributed by atoms with van der Waals surface area (Å²) >= 11 is 3.34. The number of nitro benzene ring substituents is 1. The van der Waals surface area contributed by atoms with Crippen LogP contribution in [0.15, 0.2) is 18.2 Å². The number of nitro groups is 1. The third-order valence-electron chi connectivity index (χ3n) is 3.43. The fourth-order valence-electron chi connectivity index (χ4n) is 3.02. The van der Waals surface area contributed by atoms with Gasteiger partial charge in [-0.15, -0.1) is 0 Å². The van der Waals surface area contributed by atoms with E-state index in [9.17, 15) is 10.1 Å². The van der Waals surface area contributed by atoms with Gasteiger partial charge in [-0.1, -0.05) is 22.0 Å². The number of hydrogen-bond donors (Lipinski definition) is 0. The second-order valence-corrected chi connectivity index (χ2v) is 7.25. The maximum Gasteiger partial charge on any atom is 0.292 e. The largest absolute Gasteiger partial charge is 0.366 e. The number of alkyl halides is 1. The molecule has 0 N–H and O–H groups in total. The highest BCUT2D eigenvalue weighted by Gasteiger charge is 2.39. The summed E-state index contributed by atoms with van der Waals surface area (Å²) in [6, 6.07) is 5.40. The number of rotatable bonds is 3. The van der Waals surface area contributed by atoms with Crippen molar-refractivity contribution in [1.29, 1.82) is 0 Å². The number of halogens is 1. The molecule has 1 fully saturated rings. The molecule has 21 heavy (non-hydrogen) atoms. The number of ether oxygens (including phenoxy) is 1. The maximum absolute atomic E-state index is 11.4. The summed E-state index contributed by atoms with van der Waals surface area (Å²) in [5.41, 5.74) is 1.03. The van der Waals surface area contributed by atoms with E-state index in [-0.39, 0.29) is 21.8 Å². The minimum Gasteiger partial charge on any atom is -0.366 e. The molecule has 0 bridgehead atoms. The fraction of sp³-hybridized carbons (Fsp3) is 0.600. The molecule has 0 spiro atoms. The third kappa shape index (κ3) is 3.74. The van der Waals surface area contributed by atoms with E-state index in [0.717, 1.165) is 5.56 Å². The lowest BCUT2D eigenvalue weighted by molar-refractivity contribution is -0.384. The Morgan fingerprint density at radius 1 is 1.29 bits per heavy atom. The zero-order valence-electron chi connectivity index (χ0n) is 12.9. The monoisotopic (exact) mass is 356 g/mol. The number of anilines is 1. The molecular formula is C15H21BrN2O3. The normalized spacial score (nSPS) is 20.3. The summed E-state index contributed by atoms with van der Waals surface area (Å²) in [4.78, 5) is 13.1. The SMILES string of the molecule is CC1(C)CN(c2ccc(CBr)cc2[N+](=O)[O-])CC(C)(C)O1. The molecule has 0 aromatic heterocycles. The molecule has 0 unspecified atom stereocenters. The average molecular weight is 357 g/mol. The Morgan fingerprint density at radius 2 is 1.86 bits per heavy atom. The van der Waals surface area contributed by atoms with E-state index in [0.29, 0.717) is 24.1 Å². The van der Waals surface area contributed by atoms with Crippen molar-refractivity contribution in [3.05, 3.63) is 33.9 Å². The highest BCUT2D eigenvalue weighted by molar-refractivity contribution is 9.08. The van der Waals surface area contributed by atoms with Crippen LogP contribution in [0.2, 0.25) is 0 Å². The minimum absolute atomic E-state index is 0.153. The lowest BCUT2D eigenvalue weighted by Gasteiger charge is -2.47. The lowest BCUT2D eigenvalue weighted by Crippen LogP contribution is -2.57. The van der Waals surface area contributed by atoms with Gasteiger partial charge in [-0.2, -0.15) is 0 Å². The molecule has 1 aliphatic rings. The van der Waals surface area contributed by atoms with Crippen molar-refractivity contribution in [1.82, 2.24) is 0 Å². The predicted molar refractivity (Wildman–Crippen MR) is 87.2 cm³/mol. The van der Waals surface area contributed by atoms with Gasteiger partial charge in [0, 0.05) is 24.5 Å². The molecule has 0 radical (unpaired) electrons. The molecule has 116 valence electrons. The van der Waals surface area contributed by atoms with Crippen LogP contribution >= 0.6 is 15.9 Å². The summed E-state index contributed by atoms with van der Waals surface area (Å²) in [5, 5.41) is 12.0. The standard InChI is InChI=1S/C15H21BrN2O3/c1-14(2)9-17(10-15(3,4)21-14)12-6-5-11(8-16)7-13(12)18(19)20/h5-7H,8-10H2,1-4H3. The molecule has 0 saturated carbocycles. The van der Waals surface area contributed by atoms with E-state index in [2.05, 4.69) is 20.8 Å². The second kappa shape index (κ2) is 5.57. The van der Waals surface area contributed by atoms with Crippen molar-refractivity contribution in [3.8, 4) is 0 Å². The number of hydrogen-bond acceptors (Lipinski definition) is 4. The quantitative estimate of drug-likeness (QED) is 0.468. The predicted octanol–water partition coefficient (Wildman–Crippen LogP) is 3.88. The van der Waals surface area contributed by atoms with Gasteiger partial charge in [0.05, 0.1) is 16.1 Å². The van der Waals surface area contributed by atoms with Crippen LogP contribution in [0.4, 0.5) is 11.4 Å². The van der Waals surface area contributed by atoms with Gasteiger partial charge in [0.15, 0.2) is 0 Å². The Hall–Kier alpha value is -1.14. The van der Waals surface area contributed by atoms with E-state index in [4.69, 9.17) is 4.74 Å². The highest BCUT2D eigenvalue weighted by atomic mass is 79.9. The van der Waals surface area contributed by atoms with E-state index in [1.54, 1.807) is 6.07 Å². The molecule has 1 aliphatic heterocycles. The lowest BCUT2D eigenvalue weighted by atomic mass is 9.98. The van der Waals surface area contributed by atoms with E-state index in [1.807, 2.05) is 39.8 Å². The third-order valence-corrected chi connectivity index (χ3v) is 4.07. The van der Waals surface area contributed by atoms with Crippen LogP contribution in [0.25, 0.3) is 0 Å². The van der Waals surface area contributed by atoms with Crippen molar-refractivity contribution >= 4 is 27.3 Å². The Labute approximate surface area is 133 Å². The Bertz CT molecular complexity index is 542. The van der Waals surface area contributed by atoms with Crippen LogP contribution in [-0.4, -0.2) is 29.2 Å². The first-order chi connectivity index (χ1) is 9.63. The summed E-state index contributed by atoms with van der Waals surface area (Å²) in [6.45, 7) is 9.31. The molecular weight excluding hydrogens is 336 g/mol. The zero-order chi connectivity index (χ0) is 15.8. The zero-order valence-corrected chi connectivity index (χ0v) is 14.4. The van der Waals surface area contributed by atoms with Gasteiger partial charge in [-0.25, -0.2) is 0 Å². The van der Waals surface area contributed by atoms with Crippen molar-refractivity contribution in [3.63, 3.8) is 0 Å². The molecule has 2 rings (SSSR count). The van der Waals surface area contributed by atoms with Crippen LogP contribution in [-0.2, 0) is 10.1 Å². The van der Waals surface area contributed by atoms with Gasteiger partial charge in [-0.3, -0.25) is 10.1 Å². The topological polar surface area (TPSA) is 55.6 Å². The highest BCUT2D eigenvalue weighted by Crippen LogP contribution is 2.36. The number of benzene rings is 1. The van der Waals surface area contributed by atoms with Crippen LogP contribution < -0.4 is 4.90 Å². The van der Waals surface area contributed by atoms with Gasteiger partial charge < -0.3 is 9.64 Å². The van der Waals surface area contributed by atoms with Crippen LogP contribution in [0, 0.1) is 10.1 Å². The summed E-state index contributed by atoms with van der Waals surface area (Å²) in [5.74, 6) is 0. The molecule has 1 saturated heterocycles. The molecule has 5 nitrogen and oxygen atoms in total. The van der Waals surface area contributed by atoms with Gasteiger partial charge in [-0.05, 0) is 39.3 Å². The first-order valence-electron chi connectivity index (χ1n) is 6.92. The summed E-state index contributed by atoms with van der Waals surface area (Å²) < 4.78 is 6.04. The van der Waals surface area contributed by atoms with Crippen LogP contribution in [0.5, 0.6) is 0 Å². The average Bonchev–Trinajstić information content (AvgIpc) is 2.34. The van der Waals surface area contributed by atoms with Crippen molar-refractivity contribution in [2.24, 2.45) is 0 Å². The Morgan fingerprint density at radius 3 is 2.33 bits per heavy atom. The van der Waals surface area contributed by atoms with E-state index < -0.39 is 0 Å². The Kier molecular flexibility index (Phi) is 4.31. The second-order valence-electron chi connectivity index (χ2n) is 6.69. The van der Waals surface area contributed by atoms with Crippen molar-refractivity contribution < 1.29 is 9.66 Å². The Balaban J connectivity index is 2.43. The van der Waals surface area contributed by atoms with E-state index >= 15 is 0 Å². The first kappa shape index (κ1) is 16.2. The molecule has 0 amide bonds. The van der Waals surface area contributed by atoms with Crippen molar-refractivity contribution in [2.75, 3.05) is 18.0 Å².